The van der Waals surface area contributed by atoms with Crippen LogP contribution in [0.15, 0.2) is 132 Å². The Morgan fingerprint density at radius 1 is 0.564 bits per heavy atom. The summed E-state index contributed by atoms with van der Waals surface area (Å²) >= 11 is 0. The molecule has 2 nitrogen and oxygen atoms in total. The van der Waals surface area contributed by atoms with Crippen LogP contribution in [0.3, 0.4) is 0 Å². The first-order valence-corrected chi connectivity index (χ1v) is 13.5. The van der Waals surface area contributed by atoms with E-state index < -0.39 is 0 Å². The lowest BCUT2D eigenvalue weighted by Crippen LogP contribution is -2.15. The lowest BCUT2D eigenvalue weighted by molar-refractivity contribution is 0.659. The van der Waals surface area contributed by atoms with Gasteiger partial charge in [0, 0.05) is 44.7 Å². The van der Waals surface area contributed by atoms with E-state index in [0.717, 1.165) is 33.6 Å². The zero-order valence-corrected chi connectivity index (χ0v) is 22.0. The Morgan fingerprint density at radius 3 is 1.90 bits per heavy atom. The van der Waals surface area contributed by atoms with E-state index >= 15 is 0 Å². The van der Waals surface area contributed by atoms with Gasteiger partial charge >= 0.3 is 0 Å². The van der Waals surface area contributed by atoms with E-state index in [1.54, 1.807) is 0 Å². The van der Waals surface area contributed by atoms with E-state index in [-0.39, 0.29) is 5.41 Å². The molecule has 1 aliphatic rings. The lowest BCUT2D eigenvalue weighted by atomic mass is 9.79. The van der Waals surface area contributed by atoms with Crippen LogP contribution < -0.4 is 4.90 Å². The monoisotopic (exact) mass is 501 g/mol. The molecule has 1 heterocycles. The fraction of sp³-hybridized carbons (Fsp3) is 0.0811. The summed E-state index contributed by atoms with van der Waals surface area (Å²) in [7, 11) is 0. The van der Waals surface area contributed by atoms with E-state index in [1.165, 1.54) is 38.4 Å². The van der Waals surface area contributed by atoms with Crippen molar-refractivity contribution in [2.75, 3.05) is 4.90 Å². The molecule has 0 spiro atoms. The minimum atomic E-state index is -0.135. The molecule has 186 valence electrons. The molecule has 0 N–H and O–H groups in total. The highest BCUT2D eigenvalue weighted by Crippen LogP contribution is 2.56. The van der Waals surface area contributed by atoms with Crippen LogP contribution in [0.4, 0.5) is 17.1 Å². The van der Waals surface area contributed by atoms with E-state index in [4.69, 9.17) is 4.42 Å². The Hall–Kier alpha value is -4.82. The van der Waals surface area contributed by atoms with Gasteiger partial charge in [-0.15, -0.1) is 0 Å². The Balaban J connectivity index is 1.45. The normalized spacial score (nSPS) is 13.6. The van der Waals surface area contributed by atoms with Gasteiger partial charge in [-0.3, -0.25) is 0 Å². The number of nitrogens with zero attached hydrogens (tertiary/aromatic N) is 1. The van der Waals surface area contributed by atoms with Gasteiger partial charge in [0.25, 0.3) is 0 Å². The Kier molecular flexibility index (Phi) is 4.60. The van der Waals surface area contributed by atoms with Crippen molar-refractivity contribution >= 4 is 49.8 Å². The standard InChI is InChI=1S/C37H27NO/c1-37(2)31-20-12-11-19-29(31)33-27-17-9-10-18-28(27)36-34(35(33)37)30-22-21-26(23-32(30)39-36)38(24-13-5-3-6-14-24)25-15-7-4-8-16-25/h3-23H,1-2H3. The van der Waals surface area contributed by atoms with Crippen LogP contribution in [-0.4, -0.2) is 0 Å². The maximum atomic E-state index is 6.82. The van der Waals surface area contributed by atoms with Crippen LogP contribution in [0.5, 0.6) is 0 Å². The summed E-state index contributed by atoms with van der Waals surface area (Å²) in [6.45, 7) is 4.71. The molecule has 0 unspecified atom stereocenters. The molecule has 0 radical (unpaired) electrons. The maximum Gasteiger partial charge on any atom is 0.143 e. The number of fused-ring (bicyclic) bond motifs is 10. The van der Waals surface area contributed by atoms with E-state index in [1.807, 2.05) is 0 Å². The number of hydrogen-bond donors (Lipinski definition) is 0. The van der Waals surface area contributed by atoms with Crippen molar-refractivity contribution in [2.45, 2.75) is 19.3 Å². The third-order valence-electron chi connectivity index (χ3n) is 8.40. The third-order valence-corrected chi connectivity index (χ3v) is 8.40. The Bertz CT molecular complexity index is 1990. The van der Waals surface area contributed by atoms with Gasteiger partial charge < -0.3 is 9.32 Å². The Labute approximate surface area is 227 Å². The molecule has 1 aliphatic carbocycles. The summed E-state index contributed by atoms with van der Waals surface area (Å²) in [6, 6.07) is 45.3. The van der Waals surface area contributed by atoms with Crippen LogP contribution in [0, 0.1) is 0 Å². The number of para-hydroxylation sites is 2. The number of hydrogen-bond acceptors (Lipinski definition) is 2. The fourth-order valence-electron chi connectivity index (χ4n) is 6.71. The molecule has 0 atom stereocenters. The molecule has 7 aromatic rings. The first-order valence-electron chi connectivity index (χ1n) is 13.5. The smallest absolute Gasteiger partial charge is 0.143 e. The average Bonchev–Trinajstić information content (AvgIpc) is 3.47. The molecule has 0 bridgehead atoms. The molecular formula is C37H27NO. The van der Waals surface area contributed by atoms with Crippen molar-refractivity contribution in [3.05, 3.63) is 139 Å². The number of anilines is 3. The number of rotatable bonds is 3. The molecule has 6 aromatic carbocycles. The zero-order valence-electron chi connectivity index (χ0n) is 22.0. The highest BCUT2D eigenvalue weighted by Gasteiger charge is 2.39. The van der Waals surface area contributed by atoms with Gasteiger partial charge in [-0.05, 0) is 64.0 Å². The zero-order chi connectivity index (χ0) is 26.1. The molecule has 0 fully saturated rings. The minimum absolute atomic E-state index is 0.135. The molecule has 0 saturated heterocycles. The molecule has 0 aliphatic heterocycles. The van der Waals surface area contributed by atoms with Crippen molar-refractivity contribution < 1.29 is 4.42 Å². The lowest BCUT2D eigenvalue weighted by Gasteiger charge is -2.25. The van der Waals surface area contributed by atoms with Crippen molar-refractivity contribution in [3.63, 3.8) is 0 Å². The second kappa shape index (κ2) is 8.09. The van der Waals surface area contributed by atoms with Crippen LogP contribution in [0.2, 0.25) is 0 Å². The minimum Gasteiger partial charge on any atom is -0.455 e. The van der Waals surface area contributed by atoms with Crippen molar-refractivity contribution in [3.8, 4) is 11.1 Å². The molecular weight excluding hydrogens is 474 g/mol. The highest BCUT2D eigenvalue weighted by molar-refractivity contribution is 6.23. The highest BCUT2D eigenvalue weighted by atomic mass is 16.3. The van der Waals surface area contributed by atoms with Gasteiger partial charge in [0.2, 0.25) is 0 Å². The van der Waals surface area contributed by atoms with Gasteiger partial charge in [-0.25, -0.2) is 0 Å². The van der Waals surface area contributed by atoms with Crippen LogP contribution in [-0.2, 0) is 5.41 Å². The fourth-order valence-corrected chi connectivity index (χ4v) is 6.71. The summed E-state index contributed by atoms with van der Waals surface area (Å²) in [6.07, 6.45) is 0. The summed E-state index contributed by atoms with van der Waals surface area (Å²) in [5.41, 5.74) is 10.5. The molecule has 0 saturated carbocycles. The van der Waals surface area contributed by atoms with Gasteiger partial charge in [-0.2, -0.15) is 0 Å². The van der Waals surface area contributed by atoms with Gasteiger partial charge in [0.15, 0.2) is 0 Å². The van der Waals surface area contributed by atoms with E-state index in [0.29, 0.717) is 0 Å². The average molecular weight is 502 g/mol. The summed E-state index contributed by atoms with van der Waals surface area (Å²) < 4.78 is 6.82. The molecule has 0 amide bonds. The largest absolute Gasteiger partial charge is 0.455 e. The molecule has 1 aromatic heterocycles. The second-order valence-electron chi connectivity index (χ2n) is 11.0. The molecule has 8 rings (SSSR count). The van der Waals surface area contributed by atoms with E-state index in [2.05, 4.69) is 146 Å². The van der Waals surface area contributed by atoms with Crippen LogP contribution >= 0.6 is 0 Å². The summed E-state index contributed by atoms with van der Waals surface area (Å²) in [5, 5.41) is 4.82. The molecule has 39 heavy (non-hydrogen) atoms. The maximum absolute atomic E-state index is 6.82. The predicted molar refractivity (Wildman–Crippen MR) is 163 cm³/mol. The van der Waals surface area contributed by atoms with Crippen LogP contribution in [0.25, 0.3) is 43.8 Å². The SMILES string of the molecule is CC1(C)c2ccccc2-c2c1c1c3ccc(N(c4ccccc4)c4ccccc4)cc3oc1c1ccccc21. The summed E-state index contributed by atoms with van der Waals surface area (Å²) in [4.78, 5) is 2.29. The Morgan fingerprint density at radius 2 is 1.18 bits per heavy atom. The van der Waals surface area contributed by atoms with Crippen molar-refractivity contribution in [1.82, 2.24) is 0 Å². The first kappa shape index (κ1) is 22.2. The van der Waals surface area contributed by atoms with Crippen molar-refractivity contribution in [1.29, 1.82) is 0 Å². The van der Waals surface area contributed by atoms with Crippen molar-refractivity contribution in [2.24, 2.45) is 0 Å². The predicted octanol–water partition coefficient (Wildman–Crippen LogP) is 10.5. The molecule has 2 heteroatoms. The third kappa shape index (κ3) is 3.09. The number of benzene rings is 6. The van der Waals surface area contributed by atoms with Gasteiger partial charge in [0.05, 0.1) is 0 Å². The van der Waals surface area contributed by atoms with Crippen LogP contribution in [0.1, 0.15) is 25.0 Å². The summed E-state index contributed by atoms with van der Waals surface area (Å²) in [5.74, 6) is 0. The first-order chi connectivity index (χ1) is 19.1. The van der Waals surface area contributed by atoms with E-state index in [9.17, 15) is 0 Å². The van der Waals surface area contributed by atoms with Gasteiger partial charge in [-0.1, -0.05) is 98.8 Å². The van der Waals surface area contributed by atoms with Gasteiger partial charge in [0.1, 0.15) is 11.2 Å². The topological polar surface area (TPSA) is 16.4 Å². The second-order valence-corrected chi connectivity index (χ2v) is 11.0. The number of furan rings is 1. The quantitative estimate of drug-likeness (QED) is 0.239.